The molecule has 1 saturated heterocycles. The third kappa shape index (κ3) is 4.37. The molecule has 3 heterocycles. The fraction of sp³-hybridized carbons (Fsp3) is 0.435. The first-order chi connectivity index (χ1) is 14.0. The first-order valence-corrected chi connectivity index (χ1v) is 11.5. The quantitative estimate of drug-likeness (QED) is 0.531. The number of furan rings is 1. The lowest BCUT2D eigenvalue weighted by atomic mass is 10.1. The van der Waals surface area contributed by atoms with E-state index in [9.17, 15) is 4.79 Å². The van der Waals surface area contributed by atoms with Crippen molar-refractivity contribution in [3.05, 3.63) is 56.4 Å². The largest absolute Gasteiger partial charge is 0.451 e. The van der Waals surface area contributed by atoms with Gasteiger partial charge in [0.2, 0.25) is 0 Å². The number of fused-ring (bicyclic) bond motifs is 1. The lowest BCUT2D eigenvalue weighted by molar-refractivity contribution is 0.0907. The Balaban J connectivity index is 1.53. The molecule has 0 saturated carbocycles. The summed E-state index contributed by atoms with van der Waals surface area (Å²) < 4.78 is 5.90. The number of halogens is 1. The van der Waals surface area contributed by atoms with E-state index in [-0.39, 0.29) is 11.9 Å². The van der Waals surface area contributed by atoms with E-state index >= 15 is 0 Å². The Morgan fingerprint density at radius 1 is 1.24 bits per heavy atom. The molecule has 0 aliphatic carbocycles. The molecule has 29 heavy (non-hydrogen) atoms. The average molecular weight is 431 g/mol. The lowest BCUT2D eigenvalue weighted by Gasteiger charge is -2.30. The van der Waals surface area contributed by atoms with E-state index in [4.69, 9.17) is 16.0 Å². The van der Waals surface area contributed by atoms with Gasteiger partial charge >= 0.3 is 0 Å². The average Bonchev–Trinajstić information content (AvgIpc) is 3.24. The maximum Gasteiger partial charge on any atom is 0.287 e. The molecule has 4 rings (SSSR count). The fourth-order valence-electron chi connectivity index (χ4n) is 4.12. The van der Waals surface area contributed by atoms with Crippen LogP contribution in [0.1, 0.15) is 58.3 Å². The third-order valence-electron chi connectivity index (χ3n) is 5.83. The number of amides is 1. The SMILES string of the molecule is Cc1cc2oc(C(=O)NCC(c3cccs3)N3CCCCCC3)c(C)c2cc1Cl. The first kappa shape index (κ1) is 20.5. The summed E-state index contributed by atoms with van der Waals surface area (Å²) in [4.78, 5) is 16.8. The zero-order chi connectivity index (χ0) is 20.4. The van der Waals surface area contributed by atoms with Crippen LogP contribution < -0.4 is 5.32 Å². The van der Waals surface area contributed by atoms with Gasteiger partial charge in [0.15, 0.2) is 5.76 Å². The highest BCUT2D eigenvalue weighted by molar-refractivity contribution is 7.10. The van der Waals surface area contributed by atoms with Gasteiger partial charge < -0.3 is 9.73 Å². The van der Waals surface area contributed by atoms with Crippen LogP contribution in [-0.2, 0) is 0 Å². The molecule has 1 unspecified atom stereocenters. The molecule has 1 atom stereocenters. The minimum atomic E-state index is -0.163. The van der Waals surface area contributed by atoms with Crippen molar-refractivity contribution in [3.63, 3.8) is 0 Å². The summed E-state index contributed by atoms with van der Waals surface area (Å²) in [6, 6.07) is 8.24. The molecule has 0 bridgehead atoms. The standard InChI is InChI=1S/C23H27ClN2O2S/c1-15-12-20-17(13-18(15)24)16(2)22(28-20)23(27)25-14-19(21-8-7-11-29-21)26-9-5-3-4-6-10-26/h7-8,11-13,19H,3-6,9-10,14H2,1-2H3,(H,25,27). The van der Waals surface area contributed by atoms with E-state index in [1.165, 1.54) is 30.6 Å². The number of hydrogen-bond acceptors (Lipinski definition) is 4. The maximum absolute atomic E-state index is 13.0. The lowest BCUT2D eigenvalue weighted by Crippen LogP contribution is -2.38. The first-order valence-electron chi connectivity index (χ1n) is 10.3. The second-order valence-electron chi connectivity index (χ2n) is 7.85. The van der Waals surface area contributed by atoms with Crippen molar-refractivity contribution >= 4 is 39.8 Å². The minimum Gasteiger partial charge on any atom is -0.451 e. The molecule has 3 aromatic rings. The number of carbonyl (C=O) groups excluding carboxylic acids is 1. The van der Waals surface area contributed by atoms with E-state index < -0.39 is 0 Å². The van der Waals surface area contributed by atoms with Crippen LogP contribution in [0.4, 0.5) is 0 Å². The molecule has 1 aliphatic rings. The number of rotatable bonds is 5. The Hall–Kier alpha value is -1.82. The predicted octanol–water partition coefficient (Wildman–Crippen LogP) is 6.11. The van der Waals surface area contributed by atoms with Gasteiger partial charge in [0, 0.05) is 27.4 Å². The van der Waals surface area contributed by atoms with Crippen LogP contribution in [0.5, 0.6) is 0 Å². The summed E-state index contributed by atoms with van der Waals surface area (Å²) in [7, 11) is 0. The molecule has 1 amide bonds. The minimum absolute atomic E-state index is 0.163. The molecule has 1 aliphatic heterocycles. The number of likely N-dealkylation sites (tertiary alicyclic amines) is 1. The van der Waals surface area contributed by atoms with E-state index in [0.717, 1.165) is 29.6 Å². The molecule has 0 spiro atoms. The van der Waals surface area contributed by atoms with Gasteiger partial charge in [-0.2, -0.15) is 0 Å². The van der Waals surface area contributed by atoms with Gasteiger partial charge in [-0.3, -0.25) is 9.69 Å². The highest BCUT2D eigenvalue weighted by Gasteiger charge is 2.25. The number of aryl methyl sites for hydroxylation is 2. The van der Waals surface area contributed by atoms with Crippen molar-refractivity contribution in [2.75, 3.05) is 19.6 Å². The van der Waals surface area contributed by atoms with E-state index in [1.54, 1.807) is 11.3 Å². The Labute approximate surface area is 180 Å². The Morgan fingerprint density at radius 2 is 2.00 bits per heavy atom. The number of nitrogens with zero attached hydrogens (tertiary/aromatic N) is 1. The Morgan fingerprint density at radius 3 is 2.69 bits per heavy atom. The highest BCUT2D eigenvalue weighted by Crippen LogP contribution is 2.31. The summed E-state index contributed by atoms with van der Waals surface area (Å²) in [6.45, 7) is 6.60. The van der Waals surface area contributed by atoms with Gasteiger partial charge in [0.05, 0.1) is 6.04 Å². The van der Waals surface area contributed by atoms with Crippen molar-refractivity contribution in [2.24, 2.45) is 0 Å². The number of carbonyl (C=O) groups is 1. The molecule has 1 aromatic carbocycles. The van der Waals surface area contributed by atoms with Crippen molar-refractivity contribution in [3.8, 4) is 0 Å². The van der Waals surface area contributed by atoms with Crippen molar-refractivity contribution < 1.29 is 9.21 Å². The molecular formula is C23H27ClN2O2S. The van der Waals surface area contributed by atoms with E-state index in [0.29, 0.717) is 22.9 Å². The zero-order valence-corrected chi connectivity index (χ0v) is 18.5. The Kier molecular flexibility index (Phi) is 6.28. The van der Waals surface area contributed by atoms with Gasteiger partial charge in [0.25, 0.3) is 5.91 Å². The number of hydrogen-bond donors (Lipinski definition) is 1. The summed E-state index contributed by atoms with van der Waals surface area (Å²) in [6.07, 6.45) is 5.03. The molecule has 4 nitrogen and oxygen atoms in total. The summed E-state index contributed by atoms with van der Waals surface area (Å²) in [5.74, 6) is 0.214. The van der Waals surface area contributed by atoms with Crippen LogP contribution in [0.25, 0.3) is 11.0 Å². The zero-order valence-electron chi connectivity index (χ0n) is 17.0. The topological polar surface area (TPSA) is 45.5 Å². The second-order valence-corrected chi connectivity index (χ2v) is 9.23. The van der Waals surface area contributed by atoms with E-state index in [1.807, 2.05) is 26.0 Å². The van der Waals surface area contributed by atoms with Gasteiger partial charge in [-0.1, -0.05) is 30.5 Å². The van der Waals surface area contributed by atoms with Crippen LogP contribution in [0.3, 0.4) is 0 Å². The molecule has 2 aromatic heterocycles. The molecule has 1 N–H and O–H groups in total. The van der Waals surface area contributed by atoms with Crippen LogP contribution in [0, 0.1) is 13.8 Å². The summed E-state index contributed by atoms with van der Waals surface area (Å²) >= 11 is 8.02. The predicted molar refractivity (Wildman–Crippen MR) is 120 cm³/mol. The summed E-state index contributed by atoms with van der Waals surface area (Å²) in [5, 5.41) is 6.83. The van der Waals surface area contributed by atoms with Crippen LogP contribution in [0.2, 0.25) is 5.02 Å². The smallest absolute Gasteiger partial charge is 0.287 e. The monoisotopic (exact) mass is 430 g/mol. The van der Waals surface area contributed by atoms with Crippen molar-refractivity contribution in [1.29, 1.82) is 0 Å². The molecular weight excluding hydrogens is 404 g/mol. The maximum atomic E-state index is 13.0. The number of nitrogens with one attached hydrogen (secondary N) is 1. The molecule has 6 heteroatoms. The van der Waals surface area contributed by atoms with Crippen molar-refractivity contribution in [1.82, 2.24) is 10.2 Å². The fourth-order valence-corrected chi connectivity index (χ4v) is 5.15. The van der Waals surface area contributed by atoms with Gasteiger partial charge in [-0.05, 0) is 68.9 Å². The summed E-state index contributed by atoms with van der Waals surface area (Å²) in [5.41, 5.74) is 2.48. The number of thiophene rings is 1. The van der Waals surface area contributed by atoms with Gasteiger partial charge in [0.1, 0.15) is 5.58 Å². The number of benzene rings is 1. The second kappa shape index (κ2) is 8.90. The highest BCUT2D eigenvalue weighted by atomic mass is 35.5. The van der Waals surface area contributed by atoms with Crippen LogP contribution >= 0.6 is 22.9 Å². The van der Waals surface area contributed by atoms with Crippen LogP contribution in [0.15, 0.2) is 34.1 Å². The van der Waals surface area contributed by atoms with Gasteiger partial charge in [-0.25, -0.2) is 0 Å². The van der Waals surface area contributed by atoms with Crippen molar-refractivity contribution in [2.45, 2.75) is 45.6 Å². The third-order valence-corrected chi connectivity index (χ3v) is 7.21. The normalized spacial score (nSPS) is 16.7. The van der Waals surface area contributed by atoms with E-state index in [2.05, 4.69) is 27.7 Å². The molecule has 154 valence electrons. The molecule has 0 radical (unpaired) electrons. The van der Waals surface area contributed by atoms with Crippen LogP contribution in [-0.4, -0.2) is 30.4 Å². The van der Waals surface area contributed by atoms with Gasteiger partial charge in [-0.15, -0.1) is 11.3 Å². The molecule has 1 fully saturated rings. The Bertz CT molecular complexity index is 988.